The minimum absolute atomic E-state index is 0.394. The van der Waals surface area contributed by atoms with Crippen LogP contribution in [0.2, 0.25) is 0 Å². The Kier molecular flexibility index (Phi) is 4.63. The average Bonchev–Trinajstić information content (AvgIpc) is 2.59. The van der Waals surface area contributed by atoms with Gasteiger partial charge in [-0.1, -0.05) is 12.5 Å². The molecule has 0 bridgehead atoms. The molecule has 1 heterocycles. The molecule has 0 spiro atoms. The Hall–Kier alpha value is -1.02. The largest absolute Gasteiger partial charge is 0.469 e. The first-order valence-corrected chi connectivity index (χ1v) is 5.57. The second kappa shape index (κ2) is 5.76. The van der Waals surface area contributed by atoms with Crippen molar-refractivity contribution in [2.24, 2.45) is 0 Å². The van der Waals surface area contributed by atoms with E-state index in [9.17, 15) is 0 Å². The van der Waals surface area contributed by atoms with Gasteiger partial charge in [-0.2, -0.15) is 0 Å². The Labute approximate surface area is 92.4 Å². The average molecular weight is 207 g/mol. The fraction of sp³-hybridized carbons (Fsp3) is 0.538. The first-order chi connectivity index (χ1) is 7.15. The molecule has 15 heavy (non-hydrogen) atoms. The summed E-state index contributed by atoms with van der Waals surface area (Å²) in [5.41, 5.74) is 2.51. The van der Waals surface area contributed by atoms with Crippen molar-refractivity contribution in [2.75, 3.05) is 6.54 Å². The highest BCUT2D eigenvalue weighted by atomic mass is 16.3. The lowest BCUT2D eigenvalue weighted by Gasteiger charge is -2.17. The molecule has 1 aromatic rings. The summed E-state index contributed by atoms with van der Waals surface area (Å²) in [6.07, 6.45) is 3.90. The number of aryl methyl sites for hydroxylation is 1. The number of hydrogen-bond acceptors (Lipinski definition) is 2. The summed E-state index contributed by atoms with van der Waals surface area (Å²) in [6.45, 7) is 11.1. The highest BCUT2D eigenvalue weighted by Crippen LogP contribution is 2.24. The molecular weight excluding hydrogens is 186 g/mol. The van der Waals surface area contributed by atoms with Crippen LogP contribution in [-0.4, -0.2) is 6.54 Å². The molecule has 0 saturated carbocycles. The second-order valence-electron chi connectivity index (χ2n) is 4.04. The molecule has 1 atom stereocenters. The van der Waals surface area contributed by atoms with Crippen molar-refractivity contribution >= 4 is 0 Å². The molecule has 0 aliphatic heterocycles. The van der Waals surface area contributed by atoms with Gasteiger partial charge in [0, 0.05) is 11.6 Å². The Bertz CT molecular complexity index is 314. The molecule has 0 saturated heterocycles. The van der Waals surface area contributed by atoms with Crippen molar-refractivity contribution in [1.29, 1.82) is 0 Å². The summed E-state index contributed by atoms with van der Waals surface area (Å²) in [6, 6.07) is 2.45. The molecule has 0 fully saturated rings. The maximum absolute atomic E-state index is 5.34. The lowest BCUT2D eigenvalue weighted by Crippen LogP contribution is -2.21. The van der Waals surface area contributed by atoms with Crippen molar-refractivity contribution < 1.29 is 4.42 Å². The molecular formula is C13H21NO. The summed E-state index contributed by atoms with van der Waals surface area (Å²) in [7, 11) is 0. The lowest BCUT2D eigenvalue weighted by molar-refractivity contribution is 0.485. The molecule has 0 radical (unpaired) electrons. The lowest BCUT2D eigenvalue weighted by atomic mass is 10.0. The van der Waals surface area contributed by atoms with Gasteiger partial charge in [0.25, 0.3) is 0 Å². The second-order valence-corrected chi connectivity index (χ2v) is 4.04. The van der Waals surface area contributed by atoms with Crippen LogP contribution < -0.4 is 5.32 Å². The molecule has 1 unspecified atom stereocenters. The van der Waals surface area contributed by atoms with Crippen molar-refractivity contribution in [3.8, 4) is 0 Å². The van der Waals surface area contributed by atoms with Gasteiger partial charge in [0.15, 0.2) is 0 Å². The summed E-state index contributed by atoms with van der Waals surface area (Å²) in [5.74, 6) is 1.02. The van der Waals surface area contributed by atoms with E-state index < -0.39 is 0 Å². The predicted octanol–water partition coefficient (Wildman–Crippen LogP) is 3.59. The van der Waals surface area contributed by atoms with Gasteiger partial charge in [-0.25, -0.2) is 0 Å². The van der Waals surface area contributed by atoms with E-state index in [2.05, 4.69) is 31.8 Å². The smallest absolute Gasteiger partial charge is 0.105 e. The van der Waals surface area contributed by atoms with Crippen molar-refractivity contribution in [2.45, 2.75) is 39.7 Å². The molecule has 0 aliphatic carbocycles. The van der Waals surface area contributed by atoms with E-state index in [-0.39, 0.29) is 0 Å². The number of rotatable bonds is 6. The van der Waals surface area contributed by atoms with E-state index in [0.717, 1.165) is 25.1 Å². The van der Waals surface area contributed by atoms with Crippen LogP contribution in [0.4, 0.5) is 0 Å². The van der Waals surface area contributed by atoms with Crippen LogP contribution in [-0.2, 0) is 0 Å². The van der Waals surface area contributed by atoms with Crippen LogP contribution in [0.5, 0.6) is 0 Å². The van der Waals surface area contributed by atoms with E-state index >= 15 is 0 Å². The number of allylic oxidation sites excluding steroid dienone is 1. The minimum Gasteiger partial charge on any atom is -0.469 e. The summed E-state index contributed by atoms with van der Waals surface area (Å²) in [4.78, 5) is 0. The molecule has 1 rings (SSSR count). The Morgan fingerprint density at radius 3 is 2.80 bits per heavy atom. The monoisotopic (exact) mass is 207 g/mol. The molecule has 1 aromatic heterocycles. The zero-order valence-corrected chi connectivity index (χ0v) is 9.97. The standard InChI is InChI=1S/C13H21NO/c1-5-14-13(7-6-10(2)3)12-8-9-15-11(12)4/h8-9,13-14H,2,5-7H2,1,3-4H3. The summed E-state index contributed by atoms with van der Waals surface area (Å²) in [5, 5.41) is 3.48. The topological polar surface area (TPSA) is 25.2 Å². The normalized spacial score (nSPS) is 12.7. The molecule has 2 heteroatoms. The highest BCUT2D eigenvalue weighted by molar-refractivity contribution is 5.20. The third-order valence-corrected chi connectivity index (χ3v) is 2.58. The van der Waals surface area contributed by atoms with Gasteiger partial charge < -0.3 is 9.73 Å². The zero-order valence-electron chi connectivity index (χ0n) is 9.97. The van der Waals surface area contributed by atoms with Gasteiger partial charge in [-0.15, -0.1) is 6.58 Å². The van der Waals surface area contributed by atoms with Gasteiger partial charge in [0.05, 0.1) is 6.26 Å². The third-order valence-electron chi connectivity index (χ3n) is 2.58. The first kappa shape index (κ1) is 12.1. The fourth-order valence-electron chi connectivity index (χ4n) is 1.76. The Morgan fingerprint density at radius 2 is 2.33 bits per heavy atom. The van der Waals surface area contributed by atoms with Crippen molar-refractivity contribution in [3.05, 3.63) is 35.8 Å². The Balaban J connectivity index is 2.65. The van der Waals surface area contributed by atoms with Crippen LogP contribution in [0.25, 0.3) is 0 Å². The first-order valence-electron chi connectivity index (χ1n) is 5.57. The van der Waals surface area contributed by atoms with E-state index in [1.54, 1.807) is 6.26 Å². The zero-order chi connectivity index (χ0) is 11.3. The van der Waals surface area contributed by atoms with Crippen LogP contribution in [0.1, 0.15) is 44.1 Å². The maximum Gasteiger partial charge on any atom is 0.105 e. The van der Waals surface area contributed by atoms with Gasteiger partial charge in [-0.05, 0) is 39.3 Å². The van der Waals surface area contributed by atoms with Crippen LogP contribution in [0.15, 0.2) is 28.9 Å². The van der Waals surface area contributed by atoms with Crippen LogP contribution >= 0.6 is 0 Å². The number of hydrogen-bond donors (Lipinski definition) is 1. The van der Waals surface area contributed by atoms with Gasteiger partial charge in [0.2, 0.25) is 0 Å². The number of furan rings is 1. The molecule has 84 valence electrons. The maximum atomic E-state index is 5.34. The molecule has 0 amide bonds. The van der Waals surface area contributed by atoms with Crippen LogP contribution in [0, 0.1) is 6.92 Å². The molecule has 0 aromatic carbocycles. The quantitative estimate of drug-likeness (QED) is 0.721. The van der Waals surface area contributed by atoms with Crippen molar-refractivity contribution in [3.63, 3.8) is 0 Å². The fourth-order valence-corrected chi connectivity index (χ4v) is 1.76. The Morgan fingerprint density at radius 1 is 1.60 bits per heavy atom. The summed E-state index contributed by atoms with van der Waals surface area (Å²) < 4.78 is 5.34. The number of nitrogens with one attached hydrogen (secondary N) is 1. The van der Waals surface area contributed by atoms with Gasteiger partial charge in [0.1, 0.15) is 5.76 Å². The van der Waals surface area contributed by atoms with E-state index in [0.29, 0.717) is 6.04 Å². The van der Waals surface area contributed by atoms with Gasteiger partial charge >= 0.3 is 0 Å². The highest BCUT2D eigenvalue weighted by Gasteiger charge is 2.14. The summed E-state index contributed by atoms with van der Waals surface area (Å²) >= 11 is 0. The third kappa shape index (κ3) is 3.56. The predicted molar refractivity (Wildman–Crippen MR) is 63.9 cm³/mol. The van der Waals surface area contributed by atoms with Gasteiger partial charge in [-0.3, -0.25) is 0 Å². The van der Waals surface area contributed by atoms with E-state index in [1.807, 2.05) is 6.92 Å². The van der Waals surface area contributed by atoms with E-state index in [1.165, 1.54) is 11.1 Å². The molecule has 0 aliphatic rings. The van der Waals surface area contributed by atoms with Crippen LogP contribution in [0.3, 0.4) is 0 Å². The minimum atomic E-state index is 0.394. The molecule has 2 nitrogen and oxygen atoms in total. The van der Waals surface area contributed by atoms with E-state index in [4.69, 9.17) is 4.42 Å². The van der Waals surface area contributed by atoms with Crippen molar-refractivity contribution in [1.82, 2.24) is 5.32 Å². The SMILES string of the molecule is C=C(C)CCC(NCC)c1ccoc1C. The molecule has 1 N–H and O–H groups in total.